The van der Waals surface area contributed by atoms with E-state index in [9.17, 15) is 9.59 Å². The van der Waals surface area contributed by atoms with Crippen LogP contribution in [0.15, 0.2) is 60.9 Å². The number of hydrogen-bond acceptors (Lipinski definition) is 3. The SMILES string of the molecule is Cn1ccnc1[C@@H](NC(=O)CNC(=O)c1ccccc1Cl)c1ccc(Cl)cc1. The Bertz CT molecular complexity index is 986. The Labute approximate surface area is 172 Å². The van der Waals surface area contributed by atoms with Gasteiger partial charge in [0, 0.05) is 24.5 Å². The number of carbonyl (C=O) groups excluding carboxylic acids is 2. The molecule has 0 radical (unpaired) electrons. The Balaban J connectivity index is 1.71. The molecule has 3 rings (SSSR count). The topological polar surface area (TPSA) is 76.0 Å². The van der Waals surface area contributed by atoms with Crippen molar-refractivity contribution >= 4 is 35.0 Å². The summed E-state index contributed by atoms with van der Waals surface area (Å²) in [5.41, 5.74) is 1.14. The van der Waals surface area contributed by atoms with Gasteiger partial charge in [0.05, 0.1) is 17.1 Å². The summed E-state index contributed by atoms with van der Waals surface area (Å²) in [5.74, 6) is -0.114. The van der Waals surface area contributed by atoms with Gasteiger partial charge in [-0.25, -0.2) is 4.98 Å². The van der Waals surface area contributed by atoms with Crippen LogP contribution in [0.25, 0.3) is 0 Å². The molecular weight excluding hydrogens is 399 g/mol. The third kappa shape index (κ3) is 4.71. The third-order valence-corrected chi connectivity index (χ3v) is 4.73. The van der Waals surface area contributed by atoms with Crippen molar-refractivity contribution in [2.75, 3.05) is 6.54 Å². The maximum absolute atomic E-state index is 12.5. The molecule has 0 spiro atoms. The molecule has 0 aliphatic heterocycles. The zero-order valence-corrected chi connectivity index (χ0v) is 16.5. The maximum Gasteiger partial charge on any atom is 0.253 e. The molecule has 0 bridgehead atoms. The molecule has 0 saturated heterocycles. The highest BCUT2D eigenvalue weighted by Gasteiger charge is 2.21. The summed E-state index contributed by atoms with van der Waals surface area (Å²) < 4.78 is 1.82. The lowest BCUT2D eigenvalue weighted by Crippen LogP contribution is -2.39. The van der Waals surface area contributed by atoms with E-state index in [1.165, 1.54) is 0 Å². The van der Waals surface area contributed by atoms with E-state index in [-0.39, 0.29) is 12.5 Å². The van der Waals surface area contributed by atoms with Crippen molar-refractivity contribution in [1.82, 2.24) is 20.2 Å². The Hall–Kier alpha value is -2.83. The Kier molecular flexibility index (Phi) is 6.34. The predicted octanol–water partition coefficient (Wildman–Crippen LogP) is 3.36. The van der Waals surface area contributed by atoms with Gasteiger partial charge in [0.1, 0.15) is 11.9 Å². The van der Waals surface area contributed by atoms with Crippen LogP contribution in [0, 0.1) is 0 Å². The molecule has 0 saturated carbocycles. The molecule has 144 valence electrons. The van der Waals surface area contributed by atoms with Gasteiger partial charge in [0.2, 0.25) is 5.91 Å². The minimum atomic E-state index is -0.484. The van der Waals surface area contributed by atoms with Crippen molar-refractivity contribution in [3.05, 3.63) is 87.9 Å². The van der Waals surface area contributed by atoms with Crippen LogP contribution in [0.4, 0.5) is 0 Å². The van der Waals surface area contributed by atoms with Gasteiger partial charge in [-0.05, 0) is 29.8 Å². The number of rotatable bonds is 6. The standard InChI is InChI=1S/C20H18Cl2N4O2/c1-26-11-10-23-19(26)18(13-6-8-14(21)9-7-13)25-17(27)12-24-20(28)15-4-2-3-5-16(15)22/h2-11,18H,12H2,1H3,(H,24,28)(H,25,27)/t18-/m0/s1. The van der Waals surface area contributed by atoms with Crippen molar-refractivity contribution in [2.45, 2.75) is 6.04 Å². The van der Waals surface area contributed by atoms with E-state index in [4.69, 9.17) is 23.2 Å². The Morgan fingerprint density at radius 2 is 1.82 bits per heavy atom. The van der Waals surface area contributed by atoms with E-state index in [0.717, 1.165) is 5.56 Å². The average molecular weight is 417 g/mol. The van der Waals surface area contributed by atoms with Crippen molar-refractivity contribution in [2.24, 2.45) is 7.05 Å². The number of amides is 2. The fourth-order valence-electron chi connectivity index (χ4n) is 2.72. The van der Waals surface area contributed by atoms with Crippen LogP contribution in [0.3, 0.4) is 0 Å². The predicted molar refractivity (Wildman–Crippen MR) is 108 cm³/mol. The van der Waals surface area contributed by atoms with Crippen molar-refractivity contribution in [1.29, 1.82) is 0 Å². The lowest BCUT2D eigenvalue weighted by molar-refractivity contribution is -0.120. The van der Waals surface area contributed by atoms with Crippen molar-refractivity contribution in [3.8, 4) is 0 Å². The summed E-state index contributed by atoms with van der Waals surface area (Å²) >= 11 is 12.0. The van der Waals surface area contributed by atoms with Crippen LogP contribution in [-0.2, 0) is 11.8 Å². The highest BCUT2D eigenvalue weighted by Crippen LogP contribution is 2.22. The number of hydrogen-bond donors (Lipinski definition) is 2. The summed E-state index contributed by atoms with van der Waals surface area (Å²) in [5, 5.41) is 6.41. The second kappa shape index (κ2) is 8.91. The molecule has 2 amide bonds. The van der Waals surface area contributed by atoms with E-state index < -0.39 is 11.9 Å². The number of nitrogens with zero attached hydrogens (tertiary/aromatic N) is 2. The van der Waals surface area contributed by atoms with Crippen LogP contribution >= 0.6 is 23.2 Å². The number of aromatic nitrogens is 2. The molecule has 28 heavy (non-hydrogen) atoms. The van der Waals surface area contributed by atoms with E-state index in [1.54, 1.807) is 48.8 Å². The summed E-state index contributed by atoms with van der Waals surface area (Å²) in [6.45, 7) is -0.196. The molecule has 1 heterocycles. The highest BCUT2D eigenvalue weighted by atomic mass is 35.5. The maximum atomic E-state index is 12.5. The molecule has 1 aromatic heterocycles. The first kappa shape index (κ1) is 19.9. The molecule has 0 fully saturated rings. The third-order valence-electron chi connectivity index (χ3n) is 4.15. The molecule has 1 atom stereocenters. The summed E-state index contributed by atoms with van der Waals surface area (Å²) in [6.07, 6.45) is 3.45. The molecule has 0 aliphatic rings. The van der Waals surface area contributed by atoms with Crippen molar-refractivity contribution in [3.63, 3.8) is 0 Å². The van der Waals surface area contributed by atoms with Gasteiger partial charge in [-0.1, -0.05) is 47.5 Å². The zero-order valence-electron chi connectivity index (χ0n) is 15.0. The summed E-state index contributed by atoms with van der Waals surface area (Å²) in [7, 11) is 1.84. The van der Waals surface area contributed by atoms with E-state index in [1.807, 2.05) is 23.7 Å². The first-order valence-electron chi connectivity index (χ1n) is 8.50. The van der Waals surface area contributed by atoms with Crippen LogP contribution in [0.1, 0.15) is 27.8 Å². The smallest absolute Gasteiger partial charge is 0.253 e. The second-order valence-corrected chi connectivity index (χ2v) is 6.95. The first-order valence-corrected chi connectivity index (χ1v) is 9.26. The van der Waals surface area contributed by atoms with Gasteiger partial charge in [-0.2, -0.15) is 0 Å². The van der Waals surface area contributed by atoms with E-state index in [2.05, 4.69) is 15.6 Å². The summed E-state index contributed by atoms with van der Waals surface area (Å²) in [6, 6.07) is 13.3. The zero-order chi connectivity index (χ0) is 20.1. The molecule has 3 aromatic rings. The Morgan fingerprint density at radius 3 is 2.46 bits per heavy atom. The molecule has 8 heteroatoms. The molecule has 6 nitrogen and oxygen atoms in total. The highest BCUT2D eigenvalue weighted by molar-refractivity contribution is 6.33. The molecule has 0 aliphatic carbocycles. The largest absolute Gasteiger partial charge is 0.343 e. The van der Waals surface area contributed by atoms with Crippen LogP contribution < -0.4 is 10.6 Å². The van der Waals surface area contributed by atoms with Gasteiger partial charge in [-0.15, -0.1) is 0 Å². The number of halogens is 2. The fraction of sp³-hybridized carbons (Fsp3) is 0.150. The average Bonchev–Trinajstić information content (AvgIpc) is 3.11. The first-order chi connectivity index (χ1) is 13.5. The minimum Gasteiger partial charge on any atom is -0.343 e. The van der Waals surface area contributed by atoms with Crippen LogP contribution in [0.2, 0.25) is 10.0 Å². The van der Waals surface area contributed by atoms with Crippen LogP contribution in [-0.4, -0.2) is 27.9 Å². The molecule has 2 aromatic carbocycles. The van der Waals surface area contributed by atoms with Gasteiger partial charge in [-0.3, -0.25) is 9.59 Å². The van der Waals surface area contributed by atoms with Gasteiger partial charge < -0.3 is 15.2 Å². The Morgan fingerprint density at radius 1 is 1.11 bits per heavy atom. The van der Waals surface area contributed by atoms with Gasteiger partial charge in [0.25, 0.3) is 5.91 Å². The lowest BCUT2D eigenvalue weighted by Gasteiger charge is -2.19. The molecule has 2 N–H and O–H groups in total. The van der Waals surface area contributed by atoms with Gasteiger partial charge >= 0.3 is 0 Å². The number of imidazole rings is 1. The minimum absolute atomic E-state index is 0.196. The van der Waals surface area contributed by atoms with Crippen molar-refractivity contribution < 1.29 is 9.59 Å². The lowest BCUT2D eigenvalue weighted by atomic mass is 10.1. The fourth-order valence-corrected chi connectivity index (χ4v) is 3.07. The number of aryl methyl sites for hydroxylation is 1. The van der Waals surface area contributed by atoms with Crippen LogP contribution in [0.5, 0.6) is 0 Å². The molecular formula is C20H18Cl2N4O2. The molecule has 0 unspecified atom stereocenters. The summed E-state index contributed by atoms with van der Waals surface area (Å²) in [4.78, 5) is 29.1. The van der Waals surface area contributed by atoms with E-state index >= 15 is 0 Å². The number of nitrogens with one attached hydrogen (secondary N) is 2. The monoisotopic (exact) mass is 416 g/mol. The van der Waals surface area contributed by atoms with Gasteiger partial charge in [0.15, 0.2) is 0 Å². The normalized spacial score (nSPS) is 11.7. The second-order valence-electron chi connectivity index (χ2n) is 6.11. The quantitative estimate of drug-likeness (QED) is 0.646. The van der Waals surface area contributed by atoms with E-state index in [0.29, 0.717) is 21.4 Å². The number of benzene rings is 2. The number of carbonyl (C=O) groups is 2.